The average molecular weight is 417 g/mol. The molecule has 0 atom stereocenters. The summed E-state index contributed by atoms with van der Waals surface area (Å²) in [6.07, 6.45) is 0.856. The van der Waals surface area contributed by atoms with Crippen molar-refractivity contribution in [2.75, 3.05) is 0 Å². The van der Waals surface area contributed by atoms with Gasteiger partial charge in [0.15, 0.2) is 0 Å². The predicted molar refractivity (Wildman–Crippen MR) is 119 cm³/mol. The lowest BCUT2D eigenvalue weighted by atomic mass is 9.84. The topological polar surface area (TPSA) is 13.1 Å². The van der Waals surface area contributed by atoms with Crippen molar-refractivity contribution >= 4 is 55.6 Å². The van der Waals surface area contributed by atoms with Crippen molar-refractivity contribution in [3.63, 3.8) is 0 Å². The van der Waals surface area contributed by atoms with Crippen LogP contribution in [0.25, 0.3) is 21.1 Å². The second kappa shape index (κ2) is 6.84. The van der Waals surface area contributed by atoms with Gasteiger partial charge in [-0.05, 0) is 41.6 Å². The Balaban J connectivity index is 1.73. The molecule has 0 amide bonds. The molecule has 2 heterocycles. The summed E-state index contributed by atoms with van der Waals surface area (Å²) in [7, 11) is 0. The molecule has 27 heavy (non-hydrogen) atoms. The van der Waals surface area contributed by atoms with E-state index in [1.165, 1.54) is 10.3 Å². The molecule has 2 aromatic heterocycles. The first-order valence-corrected chi connectivity index (χ1v) is 10.7. The van der Waals surface area contributed by atoms with Gasteiger partial charge in [0.2, 0.25) is 0 Å². The zero-order valence-electron chi connectivity index (χ0n) is 15.9. The molecule has 0 aliphatic carbocycles. The molecule has 0 N–H and O–H groups in total. The number of fused-ring (bicyclic) bond motifs is 2. The van der Waals surface area contributed by atoms with Gasteiger partial charge in [0, 0.05) is 21.6 Å². The number of hydrogen-bond acceptors (Lipinski definition) is 2. The van der Waals surface area contributed by atoms with Crippen molar-refractivity contribution < 1.29 is 4.42 Å². The van der Waals surface area contributed by atoms with Gasteiger partial charge in [-0.25, -0.2) is 0 Å². The summed E-state index contributed by atoms with van der Waals surface area (Å²) in [5.41, 5.74) is 1.96. The fourth-order valence-electron chi connectivity index (χ4n) is 3.49. The summed E-state index contributed by atoms with van der Waals surface area (Å²) >= 11 is 14.9. The molecule has 0 fully saturated rings. The van der Waals surface area contributed by atoms with Crippen LogP contribution in [0.1, 0.15) is 49.8 Å². The molecule has 140 valence electrons. The Labute approximate surface area is 173 Å². The van der Waals surface area contributed by atoms with E-state index < -0.39 is 0 Å². The van der Waals surface area contributed by atoms with E-state index in [1.807, 2.05) is 18.2 Å². The molecule has 1 nitrogen and oxygen atoms in total. The molecule has 0 unspecified atom stereocenters. The van der Waals surface area contributed by atoms with Crippen LogP contribution in [0.3, 0.4) is 0 Å². The SMILES string of the molecule is CC(C)c1cc2c(Cl)c(CC(C)(C)c3cc4cccc(Cl)c4s3)ccc2o1. The largest absolute Gasteiger partial charge is 0.461 e. The van der Waals surface area contributed by atoms with Crippen LogP contribution in [0.4, 0.5) is 0 Å². The Morgan fingerprint density at radius 1 is 1.07 bits per heavy atom. The minimum atomic E-state index is -0.0467. The first-order valence-electron chi connectivity index (χ1n) is 9.15. The van der Waals surface area contributed by atoms with Gasteiger partial charge in [-0.15, -0.1) is 11.3 Å². The third-order valence-electron chi connectivity index (χ3n) is 5.10. The molecule has 0 bridgehead atoms. The number of benzene rings is 2. The van der Waals surface area contributed by atoms with Crippen LogP contribution < -0.4 is 0 Å². The van der Waals surface area contributed by atoms with E-state index >= 15 is 0 Å². The van der Waals surface area contributed by atoms with E-state index in [0.717, 1.165) is 43.5 Å². The van der Waals surface area contributed by atoms with Crippen LogP contribution in [-0.4, -0.2) is 0 Å². The van der Waals surface area contributed by atoms with Gasteiger partial charge in [-0.3, -0.25) is 0 Å². The molecule has 4 rings (SSSR count). The van der Waals surface area contributed by atoms with E-state index in [2.05, 4.69) is 52.0 Å². The summed E-state index contributed by atoms with van der Waals surface area (Å²) < 4.78 is 7.09. The highest BCUT2D eigenvalue weighted by Crippen LogP contribution is 2.41. The van der Waals surface area contributed by atoms with Crippen LogP contribution >= 0.6 is 34.5 Å². The number of hydrogen-bond donors (Lipinski definition) is 0. The highest BCUT2D eigenvalue weighted by Gasteiger charge is 2.26. The maximum Gasteiger partial charge on any atom is 0.135 e. The Bertz CT molecular complexity index is 1130. The van der Waals surface area contributed by atoms with E-state index in [9.17, 15) is 0 Å². The van der Waals surface area contributed by atoms with E-state index in [1.54, 1.807) is 11.3 Å². The second-order valence-electron chi connectivity index (χ2n) is 8.08. The fraction of sp³-hybridized carbons (Fsp3) is 0.304. The first-order chi connectivity index (χ1) is 12.8. The van der Waals surface area contributed by atoms with Crippen LogP contribution in [0, 0.1) is 0 Å². The standard InChI is InChI=1S/C23H22Cl2OS/c1-13(2)19-11-16-18(26-19)9-8-15(21(16)25)12-23(3,4)20-10-14-6-5-7-17(24)22(14)27-20/h5-11,13H,12H2,1-4H3. The third-order valence-corrected chi connectivity index (χ3v) is 7.52. The van der Waals surface area contributed by atoms with Crippen LogP contribution in [0.5, 0.6) is 0 Å². The molecule has 0 aliphatic rings. The van der Waals surface area contributed by atoms with Crippen molar-refractivity contribution in [1.82, 2.24) is 0 Å². The fourth-order valence-corrected chi connectivity index (χ4v) is 5.23. The minimum Gasteiger partial charge on any atom is -0.461 e. The van der Waals surface area contributed by atoms with Crippen LogP contribution in [0.15, 0.2) is 46.9 Å². The van der Waals surface area contributed by atoms with E-state index in [4.69, 9.17) is 27.6 Å². The third kappa shape index (κ3) is 3.40. The van der Waals surface area contributed by atoms with Gasteiger partial charge in [0.1, 0.15) is 11.3 Å². The van der Waals surface area contributed by atoms with Crippen molar-refractivity contribution in [2.24, 2.45) is 0 Å². The van der Waals surface area contributed by atoms with E-state index in [-0.39, 0.29) is 5.41 Å². The number of rotatable bonds is 4. The molecule has 4 heteroatoms. The summed E-state index contributed by atoms with van der Waals surface area (Å²) in [5.74, 6) is 1.32. The molecule has 0 radical (unpaired) electrons. The second-order valence-corrected chi connectivity index (χ2v) is 9.92. The zero-order chi connectivity index (χ0) is 19.3. The first kappa shape index (κ1) is 18.9. The Kier molecular flexibility index (Phi) is 4.78. The number of furan rings is 1. The zero-order valence-corrected chi connectivity index (χ0v) is 18.2. The molecule has 0 saturated heterocycles. The lowest BCUT2D eigenvalue weighted by Crippen LogP contribution is -2.19. The van der Waals surface area contributed by atoms with Gasteiger partial charge in [-0.1, -0.05) is 69.1 Å². The molecular formula is C23H22Cl2OS. The van der Waals surface area contributed by atoms with Gasteiger partial charge in [0.25, 0.3) is 0 Å². The lowest BCUT2D eigenvalue weighted by molar-refractivity contribution is 0.521. The van der Waals surface area contributed by atoms with Crippen LogP contribution in [0.2, 0.25) is 10.0 Å². The summed E-state index contributed by atoms with van der Waals surface area (Å²) in [6.45, 7) is 8.78. The summed E-state index contributed by atoms with van der Waals surface area (Å²) in [4.78, 5) is 1.32. The van der Waals surface area contributed by atoms with Crippen molar-refractivity contribution in [3.8, 4) is 0 Å². The summed E-state index contributed by atoms with van der Waals surface area (Å²) in [5, 5.41) is 3.83. The Morgan fingerprint density at radius 2 is 1.85 bits per heavy atom. The normalized spacial score (nSPS) is 12.6. The highest BCUT2D eigenvalue weighted by atomic mass is 35.5. The average Bonchev–Trinajstić information content (AvgIpc) is 3.23. The van der Waals surface area contributed by atoms with Gasteiger partial charge >= 0.3 is 0 Å². The minimum absolute atomic E-state index is 0.0467. The quantitative estimate of drug-likeness (QED) is 0.324. The van der Waals surface area contributed by atoms with Gasteiger partial charge in [-0.2, -0.15) is 0 Å². The Morgan fingerprint density at radius 3 is 2.56 bits per heavy atom. The Hall–Kier alpha value is -1.48. The number of thiophene rings is 1. The van der Waals surface area contributed by atoms with Gasteiger partial charge < -0.3 is 4.42 Å². The summed E-state index contributed by atoms with van der Waals surface area (Å²) in [6, 6.07) is 14.6. The molecule has 0 aliphatic heterocycles. The molecule has 4 aromatic rings. The highest BCUT2D eigenvalue weighted by molar-refractivity contribution is 7.19. The van der Waals surface area contributed by atoms with Crippen molar-refractivity contribution in [3.05, 3.63) is 68.7 Å². The molecular weight excluding hydrogens is 395 g/mol. The number of halogens is 2. The molecule has 2 aromatic carbocycles. The predicted octanol–water partition coefficient (Wildman–Crippen LogP) is 8.60. The van der Waals surface area contributed by atoms with Gasteiger partial charge in [0.05, 0.1) is 14.7 Å². The maximum atomic E-state index is 6.78. The van der Waals surface area contributed by atoms with E-state index in [0.29, 0.717) is 5.92 Å². The monoisotopic (exact) mass is 416 g/mol. The van der Waals surface area contributed by atoms with Crippen molar-refractivity contribution in [1.29, 1.82) is 0 Å². The van der Waals surface area contributed by atoms with Crippen LogP contribution in [-0.2, 0) is 11.8 Å². The molecule has 0 spiro atoms. The smallest absolute Gasteiger partial charge is 0.135 e. The molecule has 0 saturated carbocycles. The maximum absolute atomic E-state index is 6.78. The van der Waals surface area contributed by atoms with Crippen molar-refractivity contribution in [2.45, 2.75) is 45.4 Å². The lowest BCUT2D eigenvalue weighted by Gasteiger charge is -2.24.